The molecule has 7 heteroatoms. The molecule has 1 aliphatic heterocycles. The smallest absolute Gasteiger partial charge is 0.150 e. The minimum atomic E-state index is -2.88. The summed E-state index contributed by atoms with van der Waals surface area (Å²) < 4.78 is 24.6. The Bertz CT molecular complexity index is 553. The zero-order valence-electron chi connectivity index (χ0n) is 10.6. The average Bonchev–Trinajstić information content (AvgIpc) is 2.74. The van der Waals surface area contributed by atoms with Crippen molar-refractivity contribution in [1.82, 2.24) is 9.78 Å². The first kappa shape index (κ1) is 13.8. The van der Waals surface area contributed by atoms with E-state index in [1.807, 2.05) is 14.0 Å². The highest BCUT2D eigenvalue weighted by atomic mass is 35.5. The number of nitrogens with two attached hydrogens (primary N) is 1. The number of nitrogens with zero attached hydrogens (tertiary/aromatic N) is 2. The second-order valence-corrected chi connectivity index (χ2v) is 7.61. The fraction of sp³-hybridized carbons (Fsp3) is 0.727. The van der Waals surface area contributed by atoms with Gasteiger partial charge in [-0.05, 0) is 19.3 Å². The van der Waals surface area contributed by atoms with Gasteiger partial charge in [-0.2, -0.15) is 5.10 Å². The van der Waals surface area contributed by atoms with Crippen LogP contribution in [0.1, 0.15) is 17.8 Å². The summed E-state index contributed by atoms with van der Waals surface area (Å²) in [6.45, 7) is 1.84. The van der Waals surface area contributed by atoms with Gasteiger partial charge >= 0.3 is 0 Å². The molecule has 0 aromatic carbocycles. The van der Waals surface area contributed by atoms with Crippen LogP contribution in [0.5, 0.6) is 0 Å². The number of aryl methyl sites for hydroxylation is 2. The lowest BCUT2D eigenvalue weighted by Crippen LogP contribution is -2.33. The van der Waals surface area contributed by atoms with Crippen LogP contribution in [-0.4, -0.2) is 35.7 Å². The Labute approximate surface area is 112 Å². The Morgan fingerprint density at radius 3 is 2.72 bits per heavy atom. The van der Waals surface area contributed by atoms with Crippen LogP contribution in [0.3, 0.4) is 0 Å². The Hall–Kier alpha value is -0.590. The van der Waals surface area contributed by atoms with Crippen molar-refractivity contribution in [3.05, 3.63) is 16.4 Å². The summed E-state index contributed by atoms with van der Waals surface area (Å²) in [6, 6.07) is -0.186. The van der Waals surface area contributed by atoms with E-state index in [1.165, 1.54) is 0 Å². The predicted molar refractivity (Wildman–Crippen MR) is 71.4 cm³/mol. The summed E-state index contributed by atoms with van der Waals surface area (Å²) in [6.07, 6.45) is 1.22. The van der Waals surface area contributed by atoms with Crippen molar-refractivity contribution >= 4 is 21.4 Å². The van der Waals surface area contributed by atoms with Crippen LogP contribution in [0, 0.1) is 12.8 Å². The molecule has 2 N–H and O–H groups in total. The number of hydrogen-bond donors (Lipinski definition) is 1. The molecule has 102 valence electrons. The maximum atomic E-state index is 11.4. The van der Waals surface area contributed by atoms with Crippen molar-refractivity contribution in [3.8, 4) is 0 Å². The van der Waals surface area contributed by atoms with Crippen LogP contribution < -0.4 is 5.73 Å². The normalized spacial score (nSPS) is 24.3. The Balaban J connectivity index is 2.10. The van der Waals surface area contributed by atoms with Gasteiger partial charge in [0.05, 0.1) is 27.9 Å². The molecule has 1 aromatic rings. The Morgan fingerprint density at radius 2 is 2.28 bits per heavy atom. The van der Waals surface area contributed by atoms with Crippen LogP contribution in [0.4, 0.5) is 0 Å². The molecule has 2 heterocycles. The largest absolute Gasteiger partial charge is 0.327 e. The molecule has 1 aromatic heterocycles. The molecule has 5 nitrogen and oxygen atoms in total. The van der Waals surface area contributed by atoms with Gasteiger partial charge < -0.3 is 5.73 Å². The standard InChI is InChI=1S/C11H18ClN3O2S/c1-7-11(12)10(15(2)14-7)5-9(13)8-3-4-18(16,17)6-8/h8-9H,3-6,13H2,1-2H3. The van der Waals surface area contributed by atoms with Gasteiger partial charge in [0.1, 0.15) is 0 Å². The van der Waals surface area contributed by atoms with E-state index >= 15 is 0 Å². The number of aromatic nitrogens is 2. The van der Waals surface area contributed by atoms with E-state index in [0.717, 1.165) is 11.4 Å². The van der Waals surface area contributed by atoms with E-state index in [1.54, 1.807) is 4.68 Å². The second kappa shape index (κ2) is 4.83. The van der Waals surface area contributed by atoms with Gasteiger partial charge in [-0.25, -0.2) is 8.42 Å². The fourth-order valence-corrected chi connectivity index (χ4v) is 4.59. The molecular weight excluding hydrogens is 274 g/mol. The van der Waals surface area contributed by atoms with Crippen LogP contribution >= 0.6 is 11.6 Å². The summed E-state index contributed by atoms with van der Waals surface area (Å²) in [5.41, 5.74) is 7.77. The Morgan fingerprint density at radius 1 is 1.61 bits per heavy atom. The molecule has 0 aliphatic carbocycles. The summed E-state index contributed by atoms with van der Waals surface area (Å²) in [5, 5.41) is 4.86. The van der Waals surface area contributed by atoms with E-state index in [0.29, 0.717) is 17.9 Å². The van der Waals surface area contributed by atoms with Gasteiger partial charge in [-0.3, -0.25) is 4.68 Å². The minimum Gasteiger partial charge on any atom is -0.327 e. The lowest BCUT2D eigenvalue weighted by atomic mass is 9.96. The molecule has 2 atom stereocenters. The third-order valence-corrected chi connectivity index (χ3v) is 5.85. The lowest BCUT2D eigenvalue weighted by molar-refractivity contribution is 0.451. The molecule has 1 aliphatic rings. The zero-order chi connectivity index (χ0) is 13.5. The van der Waals surface area contributed by atoms with Gasteiger partial charge in [0.15, 0.2) is 9.84 Å². The van der Waals surface area contributed by atoms with Crippen LogP contribution in [-0.2, 0) is 23.3 Å². The van der Waals surface area contributed by atoms with Gasteiger partial charge in [0.2, 0.25) is 0 Å². The predicted octanol–water partition coefficient (Wildman–Crippen LogP) is 0.686. The minimum absolute atomic E-state index is 0.0290. The molecule has 0 radical (unpaired) electrons. The highest BCUT2D eigenvalue weighted by Gasteiger charge is 2.32. The van der Waals surface area contributed by atoms with Crippen molar-refractivity contribution in [1.29, 1.82) is 0 Å². The monoisotopic (exact) mass is 291 g/mol. The molecule has 0 bridgehead atoms. The van der Waals surface area contributed by atoms with E-state index in [2.05, 4.69) is 5.10 Å². The molecule has 0 saturated carbocycles. The number of halogens is 1. The lowest BCUT2D eigenvalue weighted by Gasteiger charge is -2.17. The maximum absolute atomic E-state index is 11.4. The first-order valence-electron chi connectivity index (χ1n) is 5.94. The molecule has 1 saturated heterocycles. The third kappa shape index (κ3) is 2.70. The van der Waals surface area contributed by atoms with E-state index in [9.17, 15) is 8.42 Å². The van der Waals surface area contributed by atoms with Gasteiger partial charge in [0, 0.05) is 19.5 Å². The molecule has 0 spiro atoms. The van der Waals surface area contributed by atoms with Crippen molar-refractivity contribution in [3.63, 3.8) is 0 Å². The Kier molecular flexibility index (Phi) is 3.71. The maximum Gasteiger partial charge on any atom is 0.150 e. The summed E-state index contributed by atoms with van der Waals surface area (Å²) >= 11 is 6.16. The highest BCUT2D eigenvalue weighted by Crippen LogP contribution is 2.26. The number of sulfone groups is 1. The fourth-order valence-electron chi connectivity index (χ4n) is 2.45. The first-order chi connectivity index (χ1) is 8.30. The van der Waals surface area contributed by atoms with Crippen molar-refractivity contribution in [2.24, 2.45) is 18.7 Å². The van der Waals surface area contributed by atoms with Crippen molar-refractivity contribution in [2.75, 3.05) is 11.5 Å². The molecule has 2 rings (SSSR count). The molecule has 0 amide bonds. The highest BCUT2D eigenvalue weighted by molar-refractivity contribution is 7.91. The molecule has 2 unspecified atom stereocenters. The number of hydrogen-bond acceptors (Lipinski definition) is 4. The van der Waals surface area contributed by atoms with E-state index in [4.69, 9.17) is 17.3 Å². The van der Waals surface area contributed by atoms with E-state index < -0.39 is 9.84 Å². The SMILES string of the molecule is Cc1nn(C)c(CC(N)C2CCS(=O)(=O)C2)c1Cl. The zero-order valence-corrected chi connectivity index (χ0v) is 12.1. The second-order valence-electron chi connectivity index (χ2n) is 5.00. The van der Waals surface area contributed by atoms with Crippen molar-refractivity contribution in [2.45, 2.75) is 25.8 Å². The topological polar surface area (TPSA) is 78.0 Å². The quantitative estimate of drug-likeness (QED) is 0.889. The first-order valence-corrected chi connectivity index (χ1v) is 8.14. The third-order valence-electron chi connectivity index (χ3n) is 3.56. The van der Waals surface area contributed by atoms with Crippen LogP contribution in [0.25, 0.3) is 0 Å². The van der Waals surface area contributed by atoms with Crippen LogP contribution in [0.15, 0.2) is 0 Å². The molecule has 18 heavy (non-hydrogen) atoms. The van der Waals surface area contributed by atoms with E-state index in [-0.39, 0.29) is 23.5 Å². The molecule has 1 fully saturated rings. The average molecular weight is 292 g/mol. The summed E-state index contributed by atoms with van der Waals surface area (Å²) in [5.74, 6) is 0.479. The van der Waals surface area contributed by atoms with Gasteiger partial charge in [-0.15, -0.1) is 0 Å². The number of rotatable bonds is 3. The van der Waals surface area contributed by atoms with Crippen LogP contribution in [0.2, 0.25) is 5.02 Å². The molecular formula is C11H18ClN3O2S. The van der Waals surface area contributed by atoms with Crippen molar-refractivity contribution < 1.29 is 8.42 Å². The van der Waals surface area contributed by atoms with Gasteiger partial charge in [0.25, 0.3) is 0 Å². The van der Waals surface area contributed by atoms with Gasteiger partial charge in [-0.1, -0.05) is 11.6 Å². The summed E-state index contributed by atoms with van der Waals surface area (Å²) in [7, 11) is -1.06. The summed E-state index contributed by atoms with van der Waals surface area (Å²) in [4.78, 5) is 0.